The Hall–Kier alpha value is -2.30. The monoisotopic (exact) mass is 369 g/mol. The van der Waals surface area contributed by atoms with Gasteiger partial charge in [0.1, 0.15) is 11.6 Å². The van der Waals surface area contributed by atoms with E-state index in [1.165, 1.54) is 6.42 Å². The Balaban J connectivity index is 1.73. The van der Waals surface area contributed by atoms with Gasteiger partial charge in [-0.25, -0.2) is 4.98 Å². The molecule has 0 radical (unpaired) electrons. The third-order valence-electron chi connectivity index (χ3n) is 5.15. The topological polar surface area (TPSA) is 47.4 Å². The molecule has 2 aromatic rings. The first-order valence-corrected chi connectivity index (χ1v) is 10.3. The predicted octanol–water partition coefficient (Wildman–Crippen LogP) is 4.49. The van der Waals surface area contributed by atoms with Gasteiger partial charge in [-0.3, -0.25) is 4.79 Å². The van der Waals surface area contributed by atoms with E-state index < -0.39 is 0 Å². The summed E-state index contributed by atoms with van der Waals surface area (Å²) >= 11 is 0. The third kappa shape index (κ3) is 4.71. The lowest BCUT2D eigenvalue weighted by Gasteiger charge is -2.33. The van der Waals surface area contributed by atoms with Crippen molar-refractivity contribution in [3.8, 4) is 5.75 Å². The molecule has 1 aliphatic heterocycles. The van der Waals surface area contributed by atoms with Crippen molar-refractivity contribution in [1.82, 2.24) is 14.5 Å². The minimum Gasteiger partial charge on any atom is -0.493 e. The van der Waals surface area contributed by atoms with E-state index in [-0.39, 0.29) is 5.91 Å². The van der Waals surface area contributed by atoms with E-state index >= 15 is 0 Å². The first kappa shape index (κ1) is 19.5. The Bertz CT molecular complexity index is 741. The normalized spacial score (nSPS) is 17.1. The molecule has 0 spiro atoms. The van der Waals surface area contributed by atoms with Gasteiger partial charge in [-0.2, -0.15) is 0 Å². The molecule has 0 bridgehead atoms. The molecule has 1 aliphatic rings. The van der Waals surface area contributed by atoms with Crippen LogP contribution in [0, 0.1) is 0 Å². The van der Waals surface area contributed by atoms with Crippen LogP contribution in [0.2, 0.25) is 0 Å². The molecule has 2 heterocycles. The van der Waals surface area contributed by atoms with Crippen LogP contribution in [0.25, 0.3) is 0 Å². The molecule has 1 aromatic heterocycles. The molecule has 1 amide bonds. The first-order chi connectivity index (χ1) is 13.2. The SMILES string of the molecule is CCCCn1ccnc1C1CCCN(C(=O)c2ccccc2OCCC)C1. The molecule has 1 atom stereocenters. The average molecular weight is 370 g/mol. The molecule has 0 N–H and O–H groups in total. The van der Waals surface area contributed by atoms with Gasteiger partial charge in [0.15, 0.2) is 0 Å². The molecular weight excluding hydrogens is 338 g/mol. The van der Waals surface area contributed by atoms with Crippen LogP contribution < -0.4 is 4.74 Å². The van der Waals surface area contributed by atoms with E-state index in [9.17, 15) is 4.79 Å². The maximum absolute atomic E-state index is 13.2. The van der Waals surface area contributed by atoms with Crippen LogP contribution >= 0.6 is 0 Å². The second-order valence-electron chi connectivity index (χ2n) is 7.27. The highest BCUT2D eigenvalue weighted by Crippen LogP contribution is 2.29. The molecule has 5 heteroatoms. The van der Waals surface area contributed by atoms with E-state index in [1.807, 2.05) is 35.4 Å². The molecule has 0 saturated carbocycles. The number of nitrogens with zero attached hydrogens (tertiary/aromatic N) is 3. The highest BCUT2D eigenvalue weighted by molar-refractivity contribution is 5.97. The number of hydrogen-bond donors (Lipinski definition) is 0. The number of carbonyl (C=O) groups excluding carboxylic acids is 1. The number of carbonyl (C=O) groups is 1. The predicted molar refractivity (Wildman–Crippen MR) is 107 cm³/mol. The Morgan fingerprint density at radius 3 is 2.93 bits per heavy atom. The van der Waals surface area contributed by atoms with Gasteiger partial charge < -0.3 is 14.2 Å². The molecule has 0 aliphatic carbocycles. The summed E-state index contributed by atoms with van der Waals surface area (Å²) in [6.45, 7) is 7.43. The van der Waals surface area contributed by atoms with Gasteiger partial charge in [-0.15, -0.1) is 0 Å². The number of imidazole rings is 1. The zero-order chi connectivity index (χ0) is 19.1. The number of piperidine rings is 1. The van der Waals surface area contributed by atoms with Crippen LogP contribution in [0.5, 0.6) is 5.75 Å². The summed E-state index contributed by atoms with van der Waals surface area (Å²) in [7, 11) is 0. The van der Waals surface area contributed by atoms with Crippen molar-refractivity contribution in [3.63, 3.8) is 0 Å². The van der Waals surface area contributed by atoms with Gasteiger partial charge in [-0.05, 0) is 37.8 Å². The molecule has 3 rings (SSSR count). The summed E-state index contributed by atoms with van der Waals surface area (Å²) < 4.78 is 8.06. The van der Waals surface area contributed by atoms with Gasteiger partial charge in [0.2, 0.25) is 0 Å². The fourth-order valence-corrected chi connectivity index (χ4v) is 3.72. The summed E-state index contributed by atoms with van der Waals surface area (Å²) in [5.41, 5.74) is 0.668. The first-order valence-electron chi connectivity index (χ1n) is 10.3. The van der Waals surface area contributed by atoms with Gasteiger partial charge in [0.25, 0.3) is 5.91 Å². The number of benzene rings is 1. The van der Waals surface area contributed by atoms with Crippen LogP contribution in [-0.4, -0.2) is 40.1 Å². The summed E-state index contributed by atoms with van der Waals surface area (Å²) in [4.78, 5) is 19.8. The number of aromatic nitrogens is 2. The summed E-state index contributed by atoms with van der Waals surface area (Å²) in [5.74, 6) is 2.18. The number of rotatable bonds is 8. The quantitative estimate of drug-likeness (QED) is 0.689. The van der Waals surface area contributed by atoms with E-state index in [0.29, 0.717) is 23.8 Å². The Morgan fingerprint density at radius 2 is 2.11 bits per heavy atom. The molecular formula is C22H31N3O2. The maximum Gasteiger partial charge on any atom is 0.257 e. The third-order valence-corrected chi connectivity index (χ3v) is 5.15. The van der Waals surface area contributed by atoms with Crippen LogP contribution in [-0.2, 0) is 6.54 Å². The van der Waals surface area contributed by atoms with E-state index in [4.69, 9.17) is 4.74 Å². The minimum atomic E-state index is 0.0677. The minimum absolute atomic E-state index is 0.0677. The highest BCUT2D eigenvalue weighted by atomic mass is 16.5. The van der Waals surface area contributed by atoms with Crippen molar-refractivity contribution in [3.05, 3.63) is 48.0 Å². The van der Waals surface area contributed by atoms with Crippen molar-refractivity contribution in [1.29, 1.82) is 0 Å². The molecule has 1 aromatic carbocycles. The van der Waals surface area contributed by atoms with Gasteiger partial charge in [0, 0.05) is 37.9 Å². The van der Waals surface area contributed by atoms with Crippen molar-refractivity contribution >= 4 is 5.91 Å². The number of likely N-dealkylation sites (tertiary alicyclic amines) is 1. The average Bonchev–Trinajstić information content (AvgIpc) is 3.19. The second-order valence-corrected chi connectivity index (χ2v) is 7.27. The van der Waals surface area contributed by atoms with E-state index in [2.05, 4.69) is 29.6 Å². The molecule has 146 valence electrons. The van der Waals surface area contributed by atoms with E-state index in [0.717, 1.165) is 51.1 Å². The molecule has 1 saturated heterocycles. The molecule has 1 unspecified atom stereocenters. The maximum atomic E-state index is 13.2. The Kier molecular flexibility index (Phi) is 6.91. The number of unbranched alkanes of at least 4 members (excludes halogenated alkanes) is 1. The smallest absolute Gasteiger partial charge is 0.257 e. The number of para-hydroxylation sites is 1. The van der Waals surface area contributed by atoms with Crippen molar-refractivity contribution in [2.75, 3.05) is 19.7 Å². The standard InChI is InChI=1S/C22H31N3O2/c1-3-5-13-24-15-12-23-21(24)18-9-8-14-25(17-18)22(26)19-10-6-7-11-20(19)27-16-4-2/h6-7,10-12,15,18H,3-5,8-9,13-14,16-17H2,1-2H3. The van der Waals surface area contributed by atoms with Crippen LogP contribution in [0.1, 0.15) is 68.1 Å². The highest BCUT2D eigenvalue weighted by Gasteiger charge is 2.29. The zero-order valence-corrected chi connectivity index (χ0v) is 16.6. The lowest BCUT2D eigenvalue weighted by Crippen LogP contribution is -2.40. The fraction of sp³-hybridized carbons (Fsp3) is 0.545. The fourth-order valence-electron chi connectivity index (χ4n) is 3.72. The number of hydrogen-bond acceptors (Lipinski definition) is 3. The van der Waals surface area contributed by atoms with Crippen molar-refractivity contribution in [2.24, 2.45) is 0 Å². The summed E-state index contributed by atoms with van der Waals surface area (Å²) in [6, 6.07) is 7.59. The molecule has 5 nitrogen and oxygen atoms in total. The largest absolute Gasteiger partial charge is 0.493 e. The number of ether oxygens (including phenoxy) is 1. The Labute approximate surface area is 162 Å². The van der Waals surface area contributed by atoms with Crippen LogP contribution in [0.3, 0.4) is 0 Å². The molecule has 1 fully saturated rings. The summed E-state index contributed by atoms with van der Waals surface area (Å²) in [6.07, 6.45) is 9.30. The lowest BCUT2D eigenvalue weighted by molar-refractivity contribution is 0.0699. The second kappa shape index (κ2) is 9.58. The lowest BCUT2D eigenvalue weighted by atomic mass is 9.96. The van der Waals surface area contributed by atoms with Gasteiger partial charge >= 0.3 is 0 Å². The zero-order valence-electron chi connectivity index (χ0n) is 16.6. The number of amides is 1. The number of aryl methyl sites for hydroxylation is 1. The van der Waals surface area contributed by atoms with Crippen LogP contribution in [0.15, 0.2) is 36.7 Å². The molecule has 27 heavy (non-hydrogen) atoms. The Morgan fingerprint density at radius 1 is 1.26 bits per heavy atom. The van der Waals surface area contributed by atoms with Gasteiger partial charge in [0.05, 0.1) is 12.2 Å². The van der Waals surface area contributed by atoms with Gasteiger partial charge in [-0.1, -0.05) is 32.4 Å². The van der Waals surface area contributed by atoms with Crippen molar-refractivity contribution in [2.45, 2.75) is 58.4 Å². The van der Waals surface area contributed by atoms with Crippen molar-refractivity contribution < 1.29 is 9.53 Å². The van der Waals surface area contributed by atoms with Crippen LogP contribution in [0.4, 0.5) is 0 Å². The van der Waals surface area contributed by atoms with E-state index in [1.54, 1.807) is 0 Å². The summed E-state index contributed by atoms with van der Waals surface area (Å²) in [5, 5.41) is 0.